The van der Waals surface area contributed by atoms with Crippen LogP contribution in [0.5, 0.6) is 0 Å². The maximum atomic E-state index is 15.1. The molecule has 0 aromatic heterocycles. The molecule has 34 heavy (non-hydrogen) atoms. The van der Waals surface area contributed by atoms with E-state index in [2.05, 4.69) is 0 Å². The van der Waals surface area contributed by atoms with Crippen LogP contribution in [0.2, 0.25) is 5.02 Å². The quantitative estimate of drug-likeness (QED) is 0.290. The van der Waals surface area contributed by atoms with Crippen molar-refractivity contribution in [3.05, 3.63) is 81.9 Å². The van der Waals surface area contributed by atoms with Gasteiger partial charge in [0.25, 0.3) is 0 Å². The Morgan fingerprint density at radius 3 is 2.44 bits per heavy atom. The molecule has 1 aliphatic heterocycles. The Kier molecular flexibility index (Phi) is 8.90. The van der Waals surface area contributed by atoms with E-state index in [-0.39, 0.29) is 17.1 Å². The lowest BCUT2D eigenvalue weighted by Crippen LogP contribution is -2.32. The van der Waals surface area contributed by atoms with Crippen molar-refractivity contribution in [2.45, 2.75) is 44.8 Å². The van der Waals surface area contributed by atoms with Gasteiger partial charge >= 0.3 is 0 Å². The first-order valence-electron chi connectivity index (χ1n) is 11.9. The molecule has 182 valence electrons. The highest BCUT2D eigenvalue weighted by Crippen LogP contribution is 2.26. The predicted molar refractivity (Wildman–Crippen MR) is 131 cm³/mol. The number of fused-ring (bicyclic) bond motifs is 1. The Labute approximate surface area is 205 Å². The fourth-order valence-corrected chi connectivity index (χ4v) is 4.54. The Bertz CT molecular complexity index is 1100. The van der Waals surface area contributed by atoms with Crippen LogP contribution in [0.4, 0.5) is 8.78 Å². The number of rotatable bonds is 10. The molecule has 6 heteroatoms. The van der Waals surface area contributed by atoms with Crippen molar-refractivity contribution in [3.8, 4) is 0 Å². The van der Waals surface area contributed by atoms with Crippen LogP contribution >= 0.6 is 11.6 Å². The van der Waals surface area contributed by atoms with Crippen LogP contribution in [0.3, 0.4) is 0 Å². The van der Waals surface area contributed by atoms with E-state index in [4.69, 9.17) is 25.8 Å². The second-order valence-electron chi connectivity index (χ2n) is 8.98. The van der Waals surface area contributed by atoms with E-state index in [9.17, 15) is 4.39 Å². The summed E-state index contributed by atoms with van der Waals surface area (Å²) < 4.78 is 45.7. The molecule has 4 rings (SSSR count). The van der Waals surface area contributed by atoms with E-state index in [1.165, 1.54) is 12.1 Å². The zero-order valence-corrected chi connectivity index (χ0v) is 20.3. The molecule has 0 N–H and O–H groups in total. The van der Waals surface area contributed by atoms with Crippen molar-refractivity contribution >= 4 is 22.4 Å². The average molecular weight is 489 g/mol. The highest BCUT2D eigenvalue weighted by molar-refractivity contribution is 6.30. The summed E-state index contributed by atoms with van der Waals surface area (Å²) in [6.07, 6.45) is 4.50. The number of aryl methyl sites for hydroxylation is 3. The van der Waals surface area contributed by atoms with Gasteiger partial charge in [0, 0.05) is 31.4 Å². The highest BCUT2D eigenvalue weighted by atomic mass is 35.5. The summed E-state index contributed by atoms with van der Waals surface area (Å²) in [5.74, 6) is -0.225. The number of benzene rings is 3. The predicted octanol–water partition coefficient (Wildman–Crippen LogP) is 6.90. The van der Waals surface area contributed by atoms with Gasteiger partial charge in [-0.25, -0.2) is 8.78 Å². The number of hydrogen-bond donors (Lipinski definition) is 0. The van der Waals surface area contributed by atoms with Crippen molar-refractivity contribution in [2.24, 2.45) is 5.92 Å². The Morgan fingerprint density at radius 2 is 1.68 bits per heavy atom. The van der Waals surface area contributed by atoms with Gasteiger partial charge in [-0.1, -0.05) is 48.0 Å². The standard InChI is InChI=1S/C28H31ClF2O3/c1-32-14-2-3-21-17-33-27(34-18-21)13-7-19-5-11-24-23(15-19)10-9-22(28(24)31)8-4-20-6-12-25(29)26(30)16-20/h5-6,9-12,15-16,21,27H,2-4,7-8,13-14,17-18H2,1H3. The molecular formula is C28H31ClF2O3. The minimum atomic E-state index is -0.448. The molecule has 0 aliphatic carbocycles. The molecule has 3 aromatic rings. The first kappa shape index (κ1) is 25.1. The number of hydrogen-bond acceptors (Lipinski definition) is 3. The van der Waals surface area contributed by atoms with Crippen LogP contribution in [0.25, 0.3) is 10.8 Å². The number of methoxy groups -OCH3 is 1. The largest absolute Gasteiger partial charge is 0.385 e. The van der Waals surface area contributed by atoms with E-state index in [0.29, 0.717) is 29.7 Å². The summed E-state index contributed by atoms with van der Waals surface area (Å²) in [6.45, 7) is 2.22. The SMILES string of the molecule is COCCCC1COC(CCc2ccc3c(F)c(CCc4ccc(Cl)c(F)c4)ccc3c2)OC1. The molecule has 0 unspecified atom stereocenters. The van der Waals surface area contributed by atoms with Gasteiger partial charge in [-0.3, -0.25) is 0 Å². The fraction of sp³-hybridized carbons (Fsp3) is 0.429. The average Bonchev–Trinajstić information content (AvgIpc) is 2.85. The number of halogens is 3. The lowest BCUT2D eigenvalue weighted by atomic mass is 9.98. The molecular weight excluding hydrogens is 458 g/mol. The van der Waals surface area contributed by atoms with Gasteiger partial charge < -0.3 is 14.2 Å². The minimum absolute atomic E-state index is 0.0974. The van der Waals surface area contributed by atoms with Gasteiger partial charge in [-0.2, -0.15) is 0 Å². The molecule has 1 saturated heterocycles. The summed E-state index contributed by atoms with van der Waals surface area (Å²) in [7, 11) is 1.72. The molecule has 0 spiro atoms. The minimum Gasteiger partial charge on any atom is -0.385 e. The van der Waals surface area contributed by atoms with Gasteiger partial charge in [-0.15, -0.1) is 0 Å². The third-order valence-electron chi connectivity index (χ3n) is 6.43. The molecule has 1 heterocycles. The van der Waals surface area contributed by atoms with Crippen LogP contribution in [0.1, 0.15) is 36.0 Å². The Morgan fingerprint density at radius 1 is 0.912 bits per heavy atom. The Balaban J connectivity index is 1.31. The van der Waals surface area contributed by atoms with Crippen molar-refractivity contribution in [2.75, 3.05) is 26.9 Å². The van der Waals surface area contributed by atoms with Gasteiger partial charge in [0.2, 0.25) is 0 Å². The van der Waals surface area contributed by atoms with Crippen molar-refractivity contribution in [1.82, 2.24) is 0 Å². The van der Waals surface area contributed by atoms with E-state index in [1.54, 1.807) is 13.2 Å². The highest BCUT2D eigenvalue weighted by Gasteiger charge is 2.22. The summed E-state index contributed by atoms with van der Waals surface area (Å²) in [5.41, 5.74) is 2.55. The molecule has 0 saturated carbocycles. The normalized spacial score (nSPS) is 18.5. The lowest BCUT2D eigenvalue weighted by Gasteiger charge is -2.29. The molecule has 3 aromatic carbocycles. The van der Waals surface area contributed by atoms with Crippen LogP contribution < -0.4 is 0 Å². The van der Waals surface area contributed by atoms with E-state index >= 15 is 4.39 Å². The van der Waals surface area contributed by atoms with Gasteiger partial charge in [0.15, 0.2) is 6.29 Å². The first-order chi connectivity index (χ1) is 16.5. The zero-order valence-electron chi connectivity index (χ0n) is 19.5. The molecule has 1 fully saturated rings. The summed E-state index contributed by atoms with van der Waals surface area (Å²) in [4.78, 5) is 0. The van der Waals surface area contributed by atoms with E-state index in [0.717, 1.165) is 62.0 Å². The molecule has 0 bridgehead atoms. The van der Waals surface area contributed by atoms with Crippen molar-refractivity contribution < 1.29 is 23.0 Å². The van der Waals surface area contributed by atoms with Gasteiger partial charge in [-0.05, 0) is 66.3 Å². The van der Waals surface area contributed by atoms with Gasteiger partial charge in [0.05, 0.1) is 18.2 Å². The summed E-state index contributed by atoms with van der Waals surface area (Å²) >= 11 is 5.74. The molecule has 1 aliphatic rings. The van der Waals surface area contributed by atoms with Crippen LogP contribution in [0, 0.1) is 17.6 Å². The topological polar surface area (TPSA) is 27.7 Å². The van der Waals surface area contributed by atoms with Crippen LogP contribution in [0.15, 0.2) is 48.5 Å². The first-order valence-corrected chi connectivity index (χ1v) is 12.3. The van der Waals surface area contributed by atoms with Crippen molar-refractivity contribution in [3.63, 3.8) is 0 Å². The fourth-order valence-electron chi connectivity index (χ4n) is 4.43. The second-order valence-corrected chi connectivity index (χ2v) is 9.39. The van der Waals surface area contributed by atoms with Crippen molar-refractivity contribution in [1.29, 1.82) is 0 Å². The second kappa shape index (κ2) is 12.1. The molecule has 0 radical (unpaired) electrons. The van der Waals surface area contributed by atoms with Gasteiger partial charge in [0.1, 0.15) is 11.6 Å². The lowest BCUT2D eigenvalue weighted by molar-refractivity contribution is -0.203. The van der Waals surface area contributed by atoms with Crippen LogP contribution in [-0.4, -0.2) is 33.2 Å². The summed E-state index contributed by atoms with van der Waals surface area (Å²) in [6, 6.07) is 14.4. The van der Waals surface area contributed by atoms with E-state index < -0.39 is 5.82 Å². The molecule has 0 atom stereocenters. The third kappa shape index (κ3) is 6.54. The smallest absolute Gasteiger partial charge is 0.157 e. The zero-order chi connectivity index (χ0) is 23.9. The molecule has 3 nitrogen and oxygen atoms in total. The Hall–Kier alpha value is -2.05. The summed E-state index contributed by atoms with van der Waals surface area (Å²) in [5, 5.41) is 1.58. The molecule has 0 amide bonds. The third-order valence-corrected chi connectivity index (χ3v) is 6.74. The number of ether oxygens (including phenoxy) is 3. The van der Waals surface area contributed by atoms with E-state index in [1.807, 2.05) is 30.3 Å². The van der Waals surface area contributed by atoms with Crippen LogP contribution in [-0.2, 0) is 33.5 Å². The maximum Gasteiger partial charge on any atom is 0.157 e. The maximum absolute atomic E-state index is 15.1. The monoisotopic (exact) mass is 488 g/mol.